The Morgan fingerprint density at radius 1 is 0.824 bits per heavy atom. The van der Waals surface area contributed by atoms with Crippen molar-refractivity contribution in [2.45, 2.75) is 0 Å². The van der Waals surface area contributed by atoms with Gasteiger partial charge in [0.2, 0.25) is 0 Å². The Kier molecular flexibility index (Phi) is 2.61. The molecule has 3 rings (SSSR count). The van der Waals surface area contributed by atoms with Crippen LogP contribution in [0.2, 0.25) is 0 Å². The van der Waals surface area contributed by atoms with Crippen LogP contribution in [0.4, 0.5) is 0 Å². The van der Waals surface area contributed by atoms with Crippen LogP contribution in [0.25, 0.3) is 22.2 Å². The fraction of sp³-hybridized carbons (Fsp3) is 0. The summed E-state index contributed by atoms with van der Waals surface area (Å²) in [5.41, 5.74) is 3.02. The van der Waals surface area contributed by atoms with Crippen LogP contribution >= 0.6 is 15.9 Å². The van der Waals surface area contributed by atoms with Crippen LogP contribution in [0, 0.1) is 0 Å². The number of nitrogens with zero attached hydrogens (tertiary/aromatic N) is 2. The van der Waals surface area contributed by atoms with Crippen molar-refractivity contribution in [2.75, 3.05) is 0 Å². The fourth-order valence-corrected chi connectivity index (χ4v) is 2.35. The van der Waals surface area contributed by atoms with Crippen molar-refractivity contribution in [2.24, 2.45) is 0 Å². The average Bonchev–Trinajstić information content (AvgIpc) is 2.39. The molecule has 0 bridgehead atoms. The van der Waals surface area contributed by atoms with Crippen molar-refractivity contribution in [1.29, 1.82) is 0 Å². The molecule has 0 saturated heterocycles. The zero-order chi connectivity index (χ0) is 11.7. The fourth-order valence-electron chi connectivity index (χ4n) is 1.87. The Bertz CT molecular complexity index is 674. The monoisotopic (exact) mass is 284 g/mol. The van der Waals surface area contributed by atoms with Gasteiger partial charge in [-0.15, -0.1) is 0 Å². The summed E-state index contributed by atoms with van der Waals surface area (Å²) in [6, 6.07) is 16.1. The molecule has 1 heterocycles. The Morgan fingerprint density at radius 3 is 2.47 bits per heavy atom. The molecule has 0 spiro atoms. The van der Waals surface area contributed by atoms with Crippen LogP contribution in [0.3, 0.4) is 0 Å². The van der Waals surface area contributed by atoms with Crippen LogP contribution in [-0.2, 0) is 0 Å². The first-order chi connectivity index (χ1) is 8.36. The van der Waals surface area contributed by atoms with E-state index in [2.05, 4.69) is 32.0 Å². The molecule has 0 fully saturated rings. The maximum atomic E-state index is 4.40. The van der Waals surface area contributed by atoms with E-state index in [1.807, 2.05) is 42.5 Å². The van der Waals surface area contributed by atoms with Gasteiger partial charge >= 0.3 is 0 Å². The molecule has 82 valence electrons. The lowest BCUT2D eigenvalue weighted by Crippen LogP contribution is -1.89. The second-order valence-corrected chi connectivity index (χ2v) is 4.57. The smallest absolute Gasteiger partial charge is 0.116 e. The third-order valence-electron chi connectivity index (χ3n) is 2.67. The number of hydrogen-bond donors (Lipinski definition) is 0. The van der Waals surface area contributed by atoms with E-state index in [4.69, 9.17) is 0 Å². The maximum absolute atomic E-state index is 4.40. The lowest BCUT2D eigenvalue weighted by molar-refractivity contribution is 1.22. The highest BCUT2D eigenvalue weighted by atomic mass is 79.9. The molecule has 0 amide bonds. The molecule has 3 heteroatoms. The van der Waals surface area contributed by atoms with Gasteiger partial charge in [-0.3, -0.25) is 0 Å². The number of aromatic nitrogens is 2. The molecule has 2 nitrogen and oxygen atoms in total. The van der Waals surface area contributed by atoms with Crippen LogP contribution < -0.4 is 0 Å². The van der Waals surface area contributed by atoms with E-state index in [1.165, 1.54) is 0 Å². The molecule has 0 atom stereocenters. The van der Waals surface area contributed by atoms with Crippen molar-refractivity contribution < 1.29 is 0 Å². The SMILES string of the molecule is Brc1ccccc1-c1ncnc2ccccc12. The molecule has 0 radical (unpaired) electrons. The van der Waals surface area contributed by atoms with Gasteiger partial charge in [0.15, 0.2) is 0 Å². The first-order valence-corrected chi connectivity index (χ1v) is 6.10. The van der Waals surface area contributed by atoms with Crippen molar-refractivity contribution in [3.8, 4) is 11.3 Å². The second kappa shape index (κ2) is 4.26. The lowest BCUT2D eigenvalue weighted by atomic mass is 10.1. The molecule has 2 aromatic carbocycles. The predicted molar refractivity (Wildman–Crippen MR) is 72.7 cm³/mol. The van der Waals surface area contributed by atoms with Crippen molar-refractivity contribution >= 4 is 26.8 Å². The van der Waals surface area contributed by atoms with Gasteiger partial charge in [-0.2, -0.15) is 0 Å². The molecule has 0 N–H and O–H groups in total. The summed E-state index contributed by atoms with van der Waals surface area (Å²) in [4.78, 5) is 8.67. The molecule has 17 heavy (non-hydrogen) atoms. The van der Waals surface area contributed by atoms with E-state index in [0.717, 1.165) is 26.6 Å². The summed E-state index contributed by atoms with van der Waals surface area (Å²) in [5.74, 6) is 0. The minimum atomic E-state index is 0.961. The molecule has 0 aliphatic rings. The topological polar surface area (TPSA) is 25.8 Å². The van der Waals surface area contributed by atoms with Crippen LogP contribution in [0.5, 0.6) is 0 Å². The average molecular weight is 285 g/mol. The van der Waals surface area contributed by atoms with Crippen molar-refractivity contribution in [1.82, 2.24) is 9.97 Å². The highest BCUT2D eigenvalue weighted by Gasteiger charge is 2.07. The number of fused-ring (bicyclic) bond motifs is 1. The van der Waals surface area contributed by atoms with Crippen LogP contribution in [0.1, 0.15) is 0 Å². The molecule has 3 aromatic rings. The molecule has 0 unspecified atom stereocenters. The van der Waals surface area contributed by atoms with Gasteiger partial charge in [0.25, 0.3) is 0 Å². The molecular formula is C14H9BrN2. The summed E-state index contributed by atoms with van der Waals surface area (Å²) in [5, 5.41) is 1.07. The first kappa shape index (κ1) is 10.4. The quantitative estimate of drug-likeness (QED) is 0.673. The summed E-state index contributed by atoms with van der Waals surface area (Å²) in [7, 11) is 0. The summed E-state index contributed by atoms with van der Waals surface area (Å²) in [6.45, 7) is 0. The number of benzene rings is 2. The minimum absolute atomic E-state index is 0.961. The number of halogens is 1. The summed E-state index contributed by atoms with van der Waals surface area (Å²) in [6.07, 6.45) is 1.61. The van der Waals surface area contributed by atoms with Gasteiger partial charge in [-0.05, 0) is 12.1 Å². The van der Waals surface area contributed by atoms with E-state index < -0.39 is 0 Å². The molecule has 0 aliphatic heterocycles. The van der Waals surface area contributed by atoms with Gasteiger partial charge in [-0.1, -0.05) is 52.3 Å². The van der Waals surface area contributed by atoms with Gasteiger partial charge < -0.3 is 0 Å². The zero-order valence-corrected chi connectivity index (χ0v) is 10.6. The van der Waals surface area contributed by atoms with Crippen molar-refractivity contribution in [3.05, 3.63) is 59.3 Å². The zero-order valence-electron chi connectivity index (χ0n) is 8.97. The molecule has 1 aromatic heterocycles. The largest absolute Gasteiger partial charge is 0.236 e. The summed E-state index contributed by atoms with van der Waals surface area (Å²) < 4.78 is 1.05. The second-order valence-electron chi connectivity index (χ2n) is 3.72. The number of rotatable bonds is 1. The summed E-state index contributed by atoms with van der Waals surface area (Å²) >= 11 is 3.56. The highest BCUT2D eigenvalue weighted by molar-refractivity contribution is 9.10. The van der Waals surface area contributed by atoms with E-state index >= 15 is 0 Å². The molecule has 0 saturated carbocycles. The van der Waals surface area contributed by atoms with E-state index in [9.17, 15) is 0 Å². The number of hydrogen-bond acceptors (Lipinski definition) is 2. The van der Waals surface area contributed by atoms with Gasteiger partial charge in [0, 0.05) is 15.4 Å². The minimum Gasteiger partial charge on any atom is -0.236 e. The maximum Gasteiger partial charge on any atom is 0.116 e. The lowest BCUT2D eigenvalue weighted by Gasteiger charge is -2.06. The highest BCUT2D eigenvalue weighted by Crippen LogP contribution is 2.30. The number of para-hydroxylation sites is 1. The van der Waals surface area contributed by atoms with E-state index in [-0.39, 0.29) is 0 Å². The third kappa shape index (κ3) is 1.83. The van der Waals surface area contributed by atoms with Crippen LogP contribution in [-0.4, -0.2) is 9.97 Å². The first-order valence-electron chi connectivity index (χ1n) is 5.31. The van der Waals surface area contributed by atoms with Crippen molar-refractivity contribution in [3.63, 3.8) is 0 Å². The Balaban J connectivity index is 2.35. The van der Waals surface area contributed by atoms with Gasteiger partial charge in [-0.25, -0.2) is 9.97 Å². The van der Waals surface area contributed by atoms with E-state index in [0.29, 0.717) is 0 Å². The third-order valence-corrected chi connectivity index (χ3v) is 3.36. The Morgan fingerprint density at radius 2 is 1.59 bits per heavy atom. The molecular weight excluding hydrogens is 276 g/mol. The predicted octanol–water partition coefficient (Wildman–Crippen LogP) is 4.06. The van der Waals surface area contributed by atoms with Gasteiger partial charge in [0.1, 0.15) is 6.33 Å². The van der Waals surface area contributed by atoms with Gasteiger partial charge in [0.05, 0.1) is 11.2 Å². The normalized spacial score (nSPS) is 10.6. The molecule has 0 aliphatic carbocycles. The van der Waals surface area contributed by atoms with E-state index in [1.54, 1.807) is 6.33 Å². The standard InChI is InChI=1S/C14H9BrN2/c15-12-7-3-1-5-10(12)14-11-6-2-4-8-13(11)16-9-17-14/h1-9H. The Hall–Kier alpha value is -1.74. The Labute approximate surface area is 107 Å². The van der Waals surface area contributed by atoms with Crippen LogP contribution in [0.15, 0.2) is 59.3 Å².